The molecular weight excluding hydrogens is 548 g/mol. The lowest BCUT2D eigenvalue weighted by Gasteiger charge is -2.42. The zero-order valence-corrected chi connectivity index (χ0v) is 29.2. The minimum atomic E-state index is -0.0890. The minimum absolute atomic E-state index is 0.0118. The molecule has 1 unspecified atom stereocenters. The van der Waals surface area contributed by atoms with E-state index in [2.05, 4.69) is 98.9 Å². The van der Waals surface area contributed by atoms with Gasteiger partial charge in [0.25, 0.3) is 0 Å². The highest BCUT2D eigenvalue weighted by Gasteiger charge is 2.36. The van der Waals surface area contributed by atoms with Crippen molar-refractivity contribution in [1.82, 2.24) is 10.6 Å². The Morgan fingerprint density at radius 1 is 0.841 bits per heavy atom. The molecule has 3 aromatic rings. The molecule has 6 nitrogen and oxygen atoms in total. The summed E-state index contributed by atoms with van der Waals surface area (Å²) in [5.41, 5.74) is 0.994. The zero-order chi connectivity index (χ0) is 32.3. The van der Waals surface area contributed by atoms with Crippen LogP contribution in [0.3, 0.4) is 0 Å². The maximum atomic E-state index is 6.42. The topological polar surface area (TPSA) is 64.9 Å². The van der Waals surface area contributed by atoms with Crippen LogP contribution in [0.25, 0.3) is 11.0 Å². The summed E-state index contributed by atoms with van der Waals surface area (Å²) in [4.78, 5) is 0. The summed E-state index contributed by atoms with van der Waals surface area (Å²) >= 11 is 0. The molecule has 1 aromatic heterocycles. The SMILES string of the molecule is CC(CNC(C)(C)C)Oc1ccc2cc(C(C)(C)CCC(C)(C)NC3CC(Oc4cccc(OCC(C)(C)C)c4)C3)oc2c1. The third-order valence-corrected chi connectivity index (χ3v) is 8.26. The van der Waals surface area contributed by atoms with Crippen molar-refractivity contribution in [2.45, 2.75) is 137 Å². The van der Waals surface area contributed by atoms with Gasteiger partial charge >= 0.3 is 0 Å². The Hall–Kier alpha value is -2.70. The maximum absolute atomic E-state index is 6.42. The van der Waals surface area contributed by atoms with Crippen LogP contribution in [0.4, 0.5) is 0 Å². The van der Waals surface area contributed by atoms with E-state index in [4.69, 9.17) is 18.6 Å². The molecule has 1 aliphatic rings. The molecule has 1 fully saturated rings. The molecule has 6 heteroatoms. The van der Waals surface area contributed by atoms with Gasteiger partial charge in [-0.05, 0) is 103 Å². The lowest BCUT2D eigenvalue weighted by atomic mass is 9.79. The largest absolute Gasteiger partial charge is 0.493 e. The molecule has 1 saturated carbocycles. The fourth-order valence-corrected chi connectivity index (χ4v) is 5.42. The molecule has 0 amide bonds. The normalized spacial score (nSPS) is 18.6. The highest BCUT2D eigenvalue weighted by atomic mass is 16.5. The quantitative estimate of drug-likeness (QED) is 0.191. The van der Waals surface area contributed by atoms with Gasteiger partial charge in [-0.2, -0.15) is 0 Å². The summed E-state index contributed by atoms with van der Waals surface area (Å²) in [5, 5.41) is 8.52. The summed E-state index contributed by atoms with van der Waals surface area (Å²) in [6, 6.07) is 16.9. The first-order chi connectivity index (χ1) is 20.4. The number of hydrogen-bond donors (Lipinski definition) is 2. The first-order valence-electron chi connectivity index (χ1n) is 16.5. The number of furan rings is 1. The van der Waals surface area contributed by atoms with E-state index in [9.17, 15) is 0 Å². The van der Waals surface area contributed by atoms with Crippen molar-refractivity contribution in [1.29, 1.82) is 0 Å². The van der Waals surface area contributed by atoms with Crippen LogP contribution in [-0.4, -0.2) is 42.5 Å². The number of rotatable bonds is 14. The summed E-state index contributed by atoms with van der Waals surface area (Å²) in [5.74, 6) is 3.62. The third-order valence-electron chi connectivity index (χ3n) is 8.26. The molecule has 2 aromatic carbocycles. The van der Waals surface area contributed by atoms with Gasteiger partial charge in [-0.1, -0.05) is 40.7 Å². The number of ether oxygens (including phenoxy) is 3. The molecule has 0 bridgehead atoms. The smallest absolute Gasteiger partial charge is 0.137 e. The molecular formula is C38H58N2O4. The number of benzene rings is 2. The predicted octanol–water partition coefficient (Wildman–Crippen LogP) is 9.05. The van der Waals surface area contributed by atoms with Crippen LogP contribution in [0.2, 0.25) is 0 Å². The van der Waals surface area contributed by atoms with E-state index < -0.39 is 0 Å². The molecule has 1 heterocycles. The molecule has 4 rings (SSSR count). The summed E-state index contributed by atoms with van der Waals surface area (Å²) < 4.78 is 24.8. The third kappa shape index (κ3) is 10.4. The Morgan fingerprint density at radius 2 is 1.55 bits per heavy atom. The Morgan fingerprint density at radius 3 is 2.23 bits per heavy atom. The van der Waals surface area contributed by atoms with Gasteiger partial charge in [-0.25, -0.2) is 0 Å². The average molecular weight is 607 g/mol. The predicted molar refractivity (Wildman–Crippen MR) is 182 cm³/mol. The molecule has 0 aliphatic heterocycles. The van der Waals surface area contributed by atoms with Crippen LogP contribution in [0, 0.1) is 5.41 Å². The summed E-state index contributed by atoms with van der Waals surface area (Å²) in [7, 11) is 0. The fraction of sp³-hybridized carbons (Fsp3) is 0.632. The molecule has 244 valence electrons. The summed E-state index contributed by atoms with van der Waals surface area (Å²) in [6.45, 7) is 25.8. The molecule has 0 spiro atoms. The maximum Gasteiger partial charge on any atom is 0.137 e. The van der Waals surface area contributed by atoms with Gasteiger partial charge in [0.2, 0.25) is 0 Å². The average Bonchev–Trinajstić information content (AvgIpc) is 3.33. The van der Waals surface area contributed by atoms with Gasteiger partial charge in [0, 0.05) is 46.6 Å². The van der Waals surface area contributed by atoms with Crippen molar-refractivity contribution < 1.29 is 18.6 Å². The second-order valence-electron chi connectivity index (χ2n) is 16.5. The number of hydrogen-bond acceptors (Lipinski definition) is 6. The monoisotopic (exact) mass is 606 g/mol. The van der Waals surface area contributed by atoms with Crippen LogP contribution in [0.15, 0.2) is 52.9 Å². The molecule has 0 radical (unpaired) electrons. The Labute approximate surface area is 266 Å². The number of fused-ring (bicyclic) bond motifs is 1. The molecule has 1 atom stereocenters. The van der Waals surface area contributed by atoms with E-state index >= 15 is 0 Å². The highest BCUT2D eigenvalue weighted by Crippen LogP contribution is 2.37. The van der Waals surface area contributed by atoms with Crippen molar-refractivity contribution in [3.63, 3.8) is 0 Å². The fourth-order valence-electron chi connectivity index (χ4n) is 5.42. The van der Waals surface area contributed by atoms with Crippen LogP contribution in [-0.2, 0) is 5.41 Å². The van der Waals surface area contributed by atoms with E-state index in [0.717, 1.165) is 66.2 Å². The molecule has 2 N–H and O–H groups in total. The van der Waals surface area contributed by atoms with Crippen LogP contribution < -0.4 is 24.8 Å². The van der Waals surface area contributed by atoms with Crippen molar-refractivity contribution in [2.24, 2.45) is 5.41 Å². The lowest BCUT2D eigenvalue weighted by Crippen LogP contribution is -2.54. The van der Waals surface area contributed by atoms with E-state index in [0.29, 0.717) is 12.6 Å². The van der Waals surface area contributed by atoms with Gasteiger partial charge in [-0.3, -0.25) is 0 Å². The second kappa shape index (κ2) is 13.3. The lowest BCUT2D eigenvalue weighted by molar-refractivity contribution is 0.0685. The van der Waals surface area contributed by atoms with Crippen molar-refractivity contribution in [3.05, 3.63) is 54.3 Å². The Bertz CT molecular complexity index is 1360. The van der Waals surface area contributed by atoms with Crippen LogP contribution in [0.5, 0.6) is 17.2 Å². The van der Waals surface area contributed by atoms with E-state index in [-0.39, 0.29) is 34.1 Å². The first-order valence-corrected chi connectivity index (χ1v) is 16.5. The summed E-state index contributed by atoms with van der Waals surface area (Å²) in [6.07, 6.45) is 4.38. The van der Waals surface area contributed by atoms with Crippen LogP contribution in [0.1, 0.15) is 108 Å². The molecule has 1 aliphatic carbocycles. The second-order valence-corrected chi connectivity index (χ2v) is 16.5. The van der Waals surface area contributed by atoms with Gasteiger partial charge in [0.05, 0.1) is 6.61 Å². The van der Waals surface area contributed by atoms with Crippen molar-refractivity contribution >= 4 is 11.0 Å². The highest BCUT2D eigenvalue weighted by molar-refractivity contribution is 5.79. The van der Waals surface area contributed by atoms with E-state index in [1.807, 2.05) is 36.4 Å². The first kappa shape index (κ1) is 34.2. The standard InChI is InChI=1S/C38H58N2O4/c1-26(24-39-36(5,6)7)42-31-16-15-27-19-34(44-33(27)23-31)37(8,9)17-18-38(10,11)40-28-20-32(21-28)43-30-14-12-13-29(22-30)41-25-35(2,3)4/h12-16,19,22-23,26,28,32,39-40H,17-18,20-21,24-25H2,1-11H3. The minimum Gasteiger partial charge on any atom is -0.493 e. The van der Waals surface area contributed by atoms with E-state index in [1.165, 1.54) is 0 Å². The van der Waals surface area contributed by atoms with Crippen molar-refractivity contribution in [3.8, 4) is 17.2 Å². The van der Waals surface area contributed by atoms with Gasteiger partial charge < -0.3 is 29.3 Å². The van der Waals surface area contributed by atoms with Crippen LogP contribution >= 0.6 is 0 Å². The van der Waals surface area contributed by atoms with Gasteiger partial charge in [0.1, 0.15) is 40.8 Å². The van der Waals surface area contributed by atoms with Gasteiger partial charge in [-0.15, -0.1) is 0 Å². The number of nitrogens with one attached hydrogen (secondary N) is 2. The Balaban J connectivity index is 1.24. The Kier molecular flexibility index (Phi) is 10.4. The van der Waals surface area contributed by atoms with Gasteiger partial charge in [0.15, 0.2) is 0 Å². The van der Waals surface area contributed by atoms with Crippen molar-refractivity contribution in [2.75, 3.05) is 13.2 Å². The molecule has 44 heavy (non-hydrogen) atoms. The molecule has 0 saturated heterocycles. The van der Waals surface area contributed by atoms with E-state index in [1.54, 1.807) is 0 Å². The zero-order valence-electron chi connectivity index (χ0n) is 29.2.